The van der Waals surface area contributed by atoms with Crippen molar-refractivity contribution in [1.29, 1.82) is 0 Å². The first-order chi connectivity index (χ1) is 11.5. The van der Waals surface area contributed by atoms with Gasteiger partial charge in [0.2, 0.25) is 0 Å². The van der Waals surface area contributed by atoms with Gasteiger partial charge in [0.1, 0.15) is 0 Å². The van der Waals surface area contributed by atoms with Gasteiger partial charge in [-0.3, -0.25) is 14.9 Å². The van der Waals surface area contributed by atoms with Crippen LogP contribution >= 0.6 is 11.8 Å². The average Bonchev–Trinajstić information content (AvgIpc) is 3.05. The van der Waals surface area contributed by atoms with E-state index in [1.807, 2.05) is 31.2 Å². The largest absolute Gasteiger partial charge is 0.455 e. The zero-order valence-electron chi connectivity index (χ0n) is 13.7. The molecule has 0 radical (unpaired) electrons. The number of esters is 1. The molecule has 1 fully saturated rings. The quantitative estimate of drug-likeness (QED) is 0.608. The summed E-state index contributed by atoms with van der Waals surface area (Å²) in [5.74, 6) is -0.999. The van der Waals surface area contributed by atoms with E-state index < -0.39 is 24.5 Å². The minimum absolute atomic E-state index is 0.117. The maximum atomic E-state index is 11.7. The number of benzene rings is 1. The highest BCUT2D eigenvalue weighted by molar-refractivity contribution is 8.00. The van der Waals surface area contributed by atoms with Crippen molar-refractivity contribution in [3.05, 3.63) is 29.8 Å². The summed E-state index contributed by atoms with van der Waals surface area (Å²) in [5.41, 5.74) is 1.08. The number of nitrogens with one attached hydrogen (secondary N) is 2. The minimum Gasteiger partial charge on any atom is -0.455 e. The van der Waals surface area contributed by atoms with Crippen LogP contribution in [0.2, 0.25) is 0 Å². The van der Waals surface area contributed by atoms with E-state index in [-0.39, 0.29) is 11.8 Å². The number of ether oxygens (including phenoxy) is 1. The van der Waals surface area contributed by atoms with Crippen molar-refractivity contribution in [1.82, 2.24) is 10.6 Å². The Balaban J connectivity index is 1.63. The highest BCUT2D eigenvalue weighted by Gasteiger charge is 2.18. The van der Waals surface area contributed by atoms with Crippen molar-refractivity contribution in [2.75, 3.05) is 12.4 Å². The molecule has 0 bridgehead atoms. The molecular weight excluding hydrogens is 328 g/mol. The van der Waals surface area contributed by atoms with Gasteiger partial charge < -0.3 is 10.1 Å². The van der Waals surface area contributed by atoms with Crippen LogP contribution < -0.4 is 10.6 Å². The number of carbonyl (C=O) groups excluding carboxylic acids is 3. The standard InChI is InChI=1S/C17H22N2O4S/c1-12-6-2-5-9-14(12)24-11-16(21)23-10-15(20)19-17(22)18-13-7-3-4-8-13/h2,5-6,9,13H,3-4,7-8,10-11H2,1H3,(H2,18,19,20,22). The Morgan fingerprint density at radius 1 is 1.21 bits per heavy atom. The van der Waals surface area contributed by atoms with Gasteiger partial charge in [0.15, 0.2) is 6.61 Å². The number of hydrogen-bond acceptors (Lipinski definition) is 5. The van der Waals surface area contributed by atoms with E-state index in [0.717, 1.165) is 36.1 Å². The summed E-state index contributed by atoms with van der Waals surface area (Å²) in [7, 11) is 0. The molecule has 2 N–H and O–H groups in total. The van der Waals surface area contributed by atoms with Crippen LogP contribution in [-0.2, 0) is 14.3 Å². The zero-order valence-corrected chi connectivity index (χ0v) is 14.5. The molecule has 1 aliphatic carbocycles. The second kappa shape index (κ2) is 9.32. The van der Waals surface area contributed by atoms with E-state index in [1.54, 1.807) is 0 Å². The number of aryl methyl sites for hydroxylation is 1. The van der Waals surface area contributed by atoms with E-state index in [2.05, 4.69) is 10.6 Å². The lowest BCUT2D eigenvalue weighted by atomic mass is 10.2. The normalized spacial score (nSPS) is 14.2. The molecule has 0 spiro atoms. The van der Waals surface area contributed by atoms with E-state index >= 15 is 0 Å². The van der Waals surface area contributed by atoms with Gasteiger partial charge in [-0.25, -0.2) is 4.79 Å². The molecule has 0 aromatic heterocycles. The second-order valence-corrected chi connectivity index (χ2v) is 6.74. The number of hydrogen-bond donors (Lipinski definition) is 2. The molecule has 2 rings (SSSR count). The van der Waals surface area contributed by atoms with Gasteiger partial charge in [-0.15, -0.1) is 11.8 Å². The molecular formula is C17H22N2O4S. The smallest absolute Gasteiger partial charge is 0.321 e. The van der Waals surface area contributed by atoms with E-state index in [1.165, 1.54) is 11.8 Å². The molecule has 0 heterocycles. The van der Waals surface area contributed by atoms with Crippen LogP contribution in [0.5, 0.6) is 0 Å². The van der Waals surface area contributed by atoms with Crippen LogP contribution in [-0.4, -0.2) is 36.3 Å². The highest BCUT2D eigenvalue weighted by Crippen LogP contribution is 2.21. The van der Waals surface area contributed by atoms with Crippen molar-refractivity contribution >= 4 is 29.7 Å². The Morgan fingerprint density at radius 3 is 2.62 bits per heavy atom. The van der Waals surface area contributed by atoms with Gasteiger partial charge in [-0.05, 0) is 31.4 Å². The second-order valence-electron chi connectivity index (χ2n) is 5.72. The number of imide groups is 1. The summed E-state index contributed by atoms with van der Waals surface area (Å²) in [4.78, 5) is 35.9. The summed E-state index contributed by atoms with van der Waals surface area (Å²) in [6.07, 6.45) is 4.06. The molecule has 0 unspecified atom stereocenters. The van der Waals surface area contributed by atoms with E-state index in [9.17, 15) is 14.4 Å². The predicted molar refractivity (Wildman–Crippen MR) is 91.8 cm³/mol. The molecule has 0 saturated heterocycles. The van der Waals surface area contributed by atoms with Crippen molar-refractivity contribution in [2.24, 2.45) is 0 Å². The molecule has 7 heteroatoms. The van der Waals surface area contributed by atoms with Gasteiger partial charge >= 0.3 is 12.0 Å². The van der Waals surface area contributed by atoms with Crippen molar-refractivity contribution in [3.8, 4) is 0 Å². The van der Waals surface area contributed by atoms with Gasteiger partial charge in [0.05, 0.1) is 5.75 Å². The first kappa shape index (κ1) is 18.3. The monoisotopic (exact) mass is 350 g/mol. The molecule has 24 heavy (non-hydrogen) atoms. The third-order valence-corrected chi connectivity index (χ3v) is 4.90. The third kappa shape index (κ3) is 6.23. The number of amides is 3. The van der Waals surface area contributed by atoms with Gasteiger partial charge in [-0.1, -0.05) is 31.0 Å². The fourth-order valence-corrected chi connectivity index (χ4v) is 3.32. The molecule has 1 aliphatic rings. The van der Waals surface area contributed by atoms with Crippen LogP contribution in [0.25, 0.3) is 0 Å². The number of carbonyl (C=O) groups is 3. The summed E-state index contributed by atoms with van der Waals surface area (Å²) in [6.45, 7) is 1.51. The summed E-state index contributed by atoms with van der Waals surface area (Å²) >= 11 is 1.36. The van der Waals surface area contributed by atoms with Gasteiger partial charge in [-0.2, -0.15) is 0 Å². The topological polar surface area (TPSA) is 84.5 Å². The maximum absolute atomic E-state index is 11.7. The Morgan fingerprint density at radius 2 is 1.92 bits per heavy atom. The van der Waals surface area contributed by atoms with Crippen LogP contribution in [0.1, 0.15) is 31.2 Å². The number of rotatable bonds is 6. The number of urea groups is 1. The SMILES string of the molecule is Cc1ccccc1SCC(=O)OCC(=O)NC(=O)NC1CCCC1. The van der Waals surface area contributed by atoms with Gasteiger partial charge in [0, 0.05) is 10.9 Å². The Kier molecular flexibility index (Phi) is 7.11. The van der Waals surface area contributed by atoms with Crippen molar-refractivity contribution in [2.45, 2.75) is 43.5 Å². The molecule has 6 nitrogen and oxygen atoms in total. The Labute approximate surface area is 145 Å². The first-order valence-corrected chi connectivity index (χ1v) is 8.97. The average molecular weight is 350 g/mol. The van der Waals surface area contributed by atoms with Crippen LogP contribution in [0.3, 0.4) is 0 Å². The fourth-order valence-electron chi connectivity index (χ4n) is 2.50. The molecule has 1 aromatic rings. The first-order valence-electron chi connectivity index (χ1n) is 7.99. The van der Waals surface area contributed by atoms with Crippen LogP contribution in [0.4, 0.5) is 4.79 Å². The Hall–Kier alpha value is -2.02. The van der Waals surface area contributed by atoms with Crippen molar-refractivity contribution in [3.63, 3.8) is 0 Å². The summed E-state index contributed by atoms with van der Waals surface area (Å²) in [5, 5.41) is 4.91. The zero-order chi connectivity index (χ0) is 17.4. The lowest BCUT2D eigenvalue weighted by molar-refractivity contribution is -0.145. The van der Waals surface area contributed by atoms with Gasteiger partial charge in [0.25, 0.3) is 5.91 Å². The summed E-state index contributed by atoms with van der Waals surface area (Å²) in [6, 6.07) is 7.32. The van der Waals surface area contributed by atoms with E-state index in [4.69, 9.17) is 4.74 Å². The maximum Gasteiger partial charge on any atom is 0.321 e. The molecule has 1 saturated carbocycles. The minimum atomic E-state index is -0.625. The van der Waals surface area contributed by atoms with Crippen LogP contribution in [0, 0.1) is 6.92 Å². The molecule has 0 atom stereocenters. The molecule has 130 valence electrons. The van der Waals surface area contributed by atoms with Crippen molar-refractivity contribution < 1.29 is 19.1 Å². The Bertz CT molecular complexity index is 600. The predicted octanol–water partition coefficient (Wildman–Crippen LogP) is 2.40. The molecule has 3 amide bonds. The molecule has 0 aliphatic heterocycles. The fraction of sp³-hybridized carbons (Fsp3) is 0.471. The third-order valence-electron chi connectivity index (χ3n) is 3.75. The lowest BCUT2D eigenvalue weighted by Gasteiger charge is -2.12. The summed E-state index contributed by atoms with van der Waals surface area (Å²) < 4.78 is 4.88. The van der Waals surface area contributed by atoms with Crippen LogP contribution in [0.15, 0.2) is 29.2 Å². The van der Waals surface area contributed by atoms with E-state index in [0.29, 0.717) is 0 Å². The molecule has 1 aromatic carbocycles. The number of thioether (sulfide) groups is 1. The highest BCUT2D eigenvalue weighted by atomic mass is 32.2. The lowest BCUT2D eigenvalue weighted by Crippen LogP contribution is -2.45.